The molecule has 72 valence electrons. The molecule has 1 atom stereocenters. The minimum atomic E-state index is -1.10. The summed E-state index contributed by atoms with van der Waals surface area (Å²) in [6.07, 6.45) is 0. The quantitative estimate of drug-likeness (QED) is 0.794. The maximum Gasteiger partial charge on any atom is 0.124 e. The number of benzene rings is 1. The van der Waals surface area contributed by atoms with Crippen molar-refractivity contribution in [1.29, 1.82) is 0 Å². The Morgan fingerprint density at radius 2 is 2.00 bits per heavy atom. The second kappa shape index (κ2) is 4.99. The molecule has 0 spiro atoms. The third-order valence-corrected chi connectivity index (χ3v) is 2.80. The topological polar surface area (TPSA) is 38.3 Å². The molecule has 0 saturated heterocycles. The standard InChI is InChI=1S/C9H13NO2S/c1-3-10-13(11)9-6-4-8(12-2)5-7-9/h4-7,10H,3H2,1-2H3. The molecule has 1 aromatic carbocycles. The third kappa shape index (κ3) is 2.82. The molecule has 0 saturated carbocycles. The lowest BCUT2D eigenvalue weighted by atomic mass is 10.3. The van der Waals surface area contributed by atoms with E-state index in [1.165, 1.54) is 0 Å². The summed E-state index contributed by atoms with van der Waals surface area (Å²) in [5.41, 5.74) is 0. The first-order valence-corrected chi connectivity index (χ1v) is 5.22. The molecular formula is C9H13NO2S. The number of ether oxygens (including phenoxy) is 1. The lowest BCUT2D eigenvalue weighted by molar-refractivity contribution is 0.414. The van der Waals surface area contributed by atoms with E-state index < -0.39 is 11.0 Å². The Hall–Kier alpha value is -0.870. The van der Waals surface area contributed by atoms with Gasteiger partial charge in [-0.25, -0.2) is 8.93 Å². The fourth-order valence-electron chi connectivity index (χ4n) is 0.914. The largest absolute Gasteiger partial charge is 0.497 e. The van der Waals surface area contributed by atoms with E-state index in [2.05, 4.69) is 4.72 Å². The average molecular weight is 199 g/mol. The first-order chi connectivity index (χ1) is 6.27. The first-order valence-electron chi connectivity index (χ1n) is 4.07. The summed E-state index contributed by atoms with van der Waals surface area (Å²) < 4.78 is 19.2. The van der Waals surface area contributed by atoms with Gasteiger partial charge in [0.25, 0.3) is 0 Å². The molecule has 3 nitrogen and oxygen atoms in total. The van der Waals surface area contributed by atoms with Gasteiger partial charge in [0.1, 0.15) is 16.7 Å². The normalized spacial score (nSPS) is 12.5. The van der Waals surface area contributed by atoms with Gasteiger partial charge in [-0.15, -0.1) is 0 Å². The summed E-state index contributed by atoms with van der Waals surface area (Å²) in [5.74, 6) is 0.775. The minimum Gasteiger partial charge on any atom is -0.497 e. The van der Waals surface area contributed by atoms with Gasteiger partial charge in [-0.2, -0.15) is 0 Å². The van der Waals surface area contributed by atoms with Crippen LogP contribution in [0.5, 0.6) is 5.75 Å². The fourth-order valence-corrected chi connectivity index (χ4v) is 1.73. The van der Waals surface area contributed by atoms with Crippen LogP contribution in [0.3, 0.4) is 0 Å². The van der Waals surface area contributed by atoms with Gasteiger partial charge in [-0.05, 0) is 24.3 Å². The van der Waals surface area contributed by atoms with Crippen LogP contribution < -0.4 is 9.46 Å². The molecule has 0 fully saturated rings. The molecule has 0 aliphatic rings. The Kier molecular flexibility index (Phi) is 3.92. The smallest absolute Gasteiger partial charge is 0.124 e. The zero-order chi connectivity index (χ0) is 9.68. The average Bonchev–Trinajstić information content (AvgIpc) is 2.18. The van der Waals surface area contributed by atoms with Crippen LogP contribution in [-0.2, 0) is 11.0 Å². The van der Waals surface area contributed by atoms with Crippen molar-refractivity contribution in [3.05, 3.63) is 24.3 Å². The molecule has 1 N–H and O–H groups in total. The Labute approximate surface area is 80.7 Å². The van der Waals surface area contributed by atoms with Crippen molar-refractivity contribution < 1.29 is 8.95 Å². The molecular weight excluding hydrogens is 186 g/mol. The zero-order valence-corrected chi connectivity index (χ0v) is 8.56. The van der Waals surface area contributed by atoms with E-state index >= 15 is 0 Å². The highest BCUT2D eigenvalue weighted by Gasteiger charge is 2.00. The third-order valence-electron chi connectivity index (χ3n) is 1.55. The van der Waals surface area contributed by atoms with E-state index in [0.717, 1.165) is 10.6 Å². The van der Waals surface area contributed by atoms with Crippen LogP contribution >= 0.6 is 0 Å². The molecule has 1 unspecified atom stereocenters. The first kappa shape index (κ1) is 10.2. The Bertz CT molecular complexity index is 284. The van der Waals surface area contributed by atoms with E-state index in [-0.39, 0.29) is 0 Å². The second-order valence-corrected chi connectivity index (χ2v) is 3.74. The van der Waals surface area contributed by atoms with Gasteiger partial charge >= 0.3 is 0 Å². The van der Waals surface area contributed by atoms with Gasteiger partial charge in [0.15, 0.2) is 0 Å². The SMILES string of the molecule is CCNS(=O)c1ccc(OC)cc1. The number of rotatable bonds is 4. The predicted octanol–water partition coefficient (Wildman–Crippen LogP) is 1.33. The highest BCUT2D eigenvalue weighted by molar-refractivity contribution is 7.83. The van der Waals surface area contributed by atoms with E-state index in [0.29, 0.717) is 6.54 Å². The van der Waals surface area contributed by atoms with Crippen LogP contribution in [0.15, 0.2) is 29.2 Å². The summed E-state index contributed by atoms with van der Waals surface area (Å²) in [7, 11) is 0.508. The minimum absolute atomic E-state index is 0.693. The predicted molar refractivity (Wildman–Crippen MR) is 53.1 cm³/mol. The van der Waals surface area contributed by atoms with Crippen molar-refractivity contribution in [3.8, 4) is 5.75 Å². The lowest BCUT2D eigenvalue weighted by Gasteiger charge is -2.03. The van der Waals surface area contributed by atoms with E-state index in [4.69, 9.17) is 4.74 Å². The Morgan fingerprint density at radius 3 is 2.46 bits per heavy atom. The Balaban J connectivity index is 2.74. The van der Waals surface area contributed by atoms with Gasteiger partial charge in [0.05, 0.1) is 12.0 Å². The van der Waals surface area contributed by atoms with Gasteiger partial charge in [0, 0.05) is 6.54 Å². The molecule has 0 radical (unpaired) electrons. The number of nitrogens with one attached hydrogen (secondary N) is 1. The summed E-state index contributed by atoms with van der Waals surface area (Å²) in [6, 6.07) is 7.17. The molecule has 0 aromatic heterocycles. The summed E-state index contributed by atoms with van der Waals surface area (Å²) in [6.45, 7) is 2.61. The van der Waals surface area contributed by atoms with Gasteiger partial charge in [-0.3, -0.25) is 0 Å². The van der Waals surface area contributed by atoms with Crippen molar-refractivity contribution >= 4 is 11.0 Å². The summed E-state index contributed by atoms with van der Waals surface area (Å²) in [4.78, 5) is 0.766. The van der Waals surface area contributed by atoms with Crippen molar-refractivity contribution in [2.75, 3.05) is 13.7 Å². The zero-order valence-electron chi connectivity index (χ0n) is 7.74. The van der Waals surface area contributed by atoms with Crippen LogP contribution in [-0.4, -0.2) is 17.9 Å². The van der Waals surface area contributed by atoms with E-state index in [1.54, 1.807) is 31.4 Å². The van der Waals surface area contributed by atoms with Crippen molar-refractivity contribution in [2.45, 2.75) is 11.8 Å². The van der Waals surface area contributed by atoms with Crippen LogP contribution in [0.1, 0.15) is 6.92 Å². The van der Waals surface area contributed by atoms with Crippen LogP contribution in [0, 0.1) is 0 Å². The maximum absolute atomic E-state index is 11.4. The molecule has 0 aliphatic heterocycles. The van der Waals surface area contributed by atoms with E-state index in [9.17, 15) is 4.21 Å². The molecule has 0 heterocycles. The van der Waals surface area contributed by atoms with Crippen LogP contribution in [0.25, 0.3) is 0 Å². The van der Waals surface area contributed by atoms with Gasteiger partial charge in [0.2, 0.25) is 0 Å². The highest BCUT2D eigenvalue weighted by atomic mass is 32.2. The lowest BCUT2D eigenvalue weighted by Crippen LogP contribution is -2.15. The molecule has 13 heavy (non-hydrogen) atoms. The number of hydrogen-bond acceptors (Lipinski definition) is 2. The fraction of sp³-hybridized carbons (Fsp3) is 0.333. The molecule has 1 aromatic rings. The molecule has 0 bridgehead atoms. The molecule has 4 heteroatoms. The summed E-state index contributed by atoms with van der Waals surface area (Å²) in [5, 5.41) is 0. The highest BCUT2D eigenvalue weighted by Crippen LogP contribution is 2.12. The van der Waals surface area contributed by atoms with Gasteiger partial charge in [-0.1, -0.05) is 6.92 Å². The van der Waals surface area contributed by atoms with Crippen molar-refractivity contribution in [3.63, 3.8) is 0 Å². The van der Waals surface area contributed by atoms with Crippen LogP contribution in [0.4, 0.5) is 0 Å². The van der Waals surface area contributed by atoms with Crippen LogP contribution in [0.2, 0.25) is 0 Å². The van der Waals surface area contributed by atoms with E-state index in [1.807, 2.05) is 6.92 Å². The van der Waals surface area contributed by atoms with Gasteiger partial charge < -0.3 is 4.74 Å². The monoisotopic (exact) mass is 199 g/mol. The Morgan fingerprint density at radius 1 is 1.38 bits per heavy atom. The molecule has 1 rings (SSSR count). The maximum atomic E-state index is 11.4. The van der Waals surface area contributed by atoms with Crippen molar-refractivity contribution in [2.24, 2.45) is 0 Å². The van der Waals surface area contributed by atoms with Crippen molar-refractivity contribution in [1.82, 2.24) is 4.72 Å². The summed E-state index contributed by atoms with van der Waals surface area (Å²) >= 11 is 0. The number of hydrogen-bond donors (Lipinski definition) is 1. The number of methoxy groups -OCH3 is 1. The molecule has 0 amide bonds. The second-order valence-electron chi connectivity index (χ2n) is 2.44. The molecule has 0 aliphatic carbocycles.